The van der Waals surface area contributed by atoms with Crippen LogP contribution in [-0.2, 0) is 15.8 Å². The first-order chi connectivity index (χ1) is 5.88. The van der Waals surface area contributed by atoms with E-state index < -0.39 is 10.0 Å². The summed E-state index contributed by atoms with van der Waals surface area (Å²) in [6.07, 6.45) is 0. The van der Waals surface area contributed by atoms with Gasteiger partial charge in [-0.3, -0.25) is 0 Å². The molecule has 0 aliphatic rings. The van der Waals surface area contributed by atoms with Gasteiger partial charge >= 0.3 is 0 Å². The van der Waals surface area contributed by atoms with Crippen LogP contribution >= 0.6 is 15.9 Å². The molecule has 0 aliphatic heterocycles. The number of primary sulfonamides is 1. The lowest BCUT2D eigenvalue weighted by Crippen LogP contribution is -2.15. The van der Waals surface area contributed by atoms with Crippen molar-refractivity contribution in [3.05, 3.63) is 33.8 Å². The van der Waals surface area contributed by atoms with Gasteiger partial charge in [-0.1, -0.05) is 22.0 Å². The fraction of sp³-hybridized carbons (Fsp3) is 0.250. The van der Waals surface area contributed by atoms with Crippen molar-refractivity contribution in [1.29, 1.82) is 0 Å². The number of aryl methyl sites for hydroxylation is 1. The normalized spacial score (nSPS) is 11.6. The highest BCUT2D eigenvalue weighted by Crippen LogP contribution is 2.16. The molecule has 1 rings (SSSR count). The van der Waals surface area contributed by atoms with Gasteiger partial charge < -0.3 is 0 Å². The molecule has 0 bridgehead atoms. The number of rotatable bonds is 2. The molecule has 1 aromatic carbocycles. The first-order valence-electron chi connectivity index (χ1n) is 3.64. The Kier molecular flexibility index (Phi) is 3.10. The summed E-state index contributed by atoms with van der Waals surface area (Å²) in [4.78, 5) is 0. The van der Waals surface area contributed by atoms with E-state index in [1.807, 2.05) is 13.0 Å². The van der Waals surface area contributed by atoms with Gasteiger partial charge in [-0.25, -0.2) is 13.6 Å². The summed E-state index contributed by atoms with van der Waals surface area (Å²) in [7, 11) is -3.43. The van der Waals surface area contributed by atoms with Crippen molar-refractivity contribution in [1.82, 2.24) is 0 Å². The van der Waals surface area contributed by atoms with Crippen molar-refractivity contribution in [2.24, 2.45) is 5.14 Å². The molecule has 0 unspecified atom stereocenters. The van der Waals surface area contributed by atoms with Crippen LogP contribution in [0.2, 0.25) is 0 Å². The molecule has 13 heavy (non-hydrogen) atoms. The Bertz CT molecular complexity index is 414. The predicted octanol–water partition coefficient (Wildman–Crippen LogP) is 1.55. The zero-order valence-electron chi connectivity index (χ0n) is 7.12. The standard InChI is InChI=1S/C8H10BrNO2S/c1-6-4-8(9)3-2-7(6)5-13(10,11)12/h2-4H,5H2,1H3,(H2,10,11,12). The van der Waals surface area contributed by atoms with E-state index >= 15 is 0 Å². The summed E-state index contributed by atoms with van der Waals surface area (Å²) in [6.45, 7) is 1.85. The Morgan fingerprint density at radius 2 is 2.08 bits per heavy atom. The van der Waals surface area contributed by atoms with Crippen molar-refractivity contribution >= 4 is 26.0 Å². The molecular formula is C8H10BrNO2S. The van der Waals surface area contributed by atoms with Crippen LogP contribution in [0.3, 0.4) is 0 Å². The third-order valence-corrected chi connectivity index (χ3v) is 2.87. The molecule has 0 saturated carbocycles. The lowest BCUT2D eigenvalue weighted by atomic mass is 10.1. The monoisotopic (exact) mass is 263 g/mol. The minimum absolute atomic E-state index is 0.105. The van der Waals surface area contributed by atoms with Gasteiger partial charge in [-0.05, 0) is 30.2 Å². The topological polar surface area (TPSA) is 60.2 Å². The molecule has 0 saturated heterocycles. The Morgan fingerprint density at radius 1 is 1.46 bits per heavy atom. The molecular weight excluding hydrogens is 254 g/mol. The largest absolute Gasteiger partial charge is 0.228 e. The van der Waals surface area contributed by atoms with Crippen LogP contribution in [0.4, 0.5) is 0 Å². The molecule has 5 heteroatoms. The average molecular weight is 264 g/mol. The van der Waals surface area contributed by atoms with Crippen LogP contribution in [0.25, 0.3) is 0 Å². The highest BCUT2D eigenvalue weighted by atomic mass is 79.9. The highest BCUT2D eigenvalue weighted by Gasteiger charge is 2.07. The Labute approximate surface area is 86.1 Å². The van der Waals surface area contributed by atoms with Crippen LogP contribution in [0.1, 0.15) is 11.1 Å². The van der Waals surface area contributed by atoms with E-state index in [-0.39, 0.29) is 5.75 Å². The smallest absolute Gasteiger partial charge is 0.213 e. The second-order valence-corrected chi connectivity index (χ2v) is 5.41. The van der Waals surface area contributed by atoms with Crippen molar-refractivity contribution in [3.63, 3.8) is 0 Å². The molecule has 0 fully saturated rings. The fourth-order valence-corrected chi connectivity index (χ4v) is 2.27. The van der Waals surface area contributed by atoms with Crippen molar-refractivity contribution in [2.75, 3.05) is 0 Å². The average Bonchev–Trinajstić information content (AvgIpc) is 1.93. The van der Waals surface area contributed by atoms with Crippen LogP contribution in [0.15, 0.2) is 22.7 Å². The Hall–Kier alpha value is -0.390. The van der Waals surface area contributed by atoms with E-state index in [0.717, 1.165) is 15.6 Å². The van der Waals surface area contributed by atoms with Crippen LogP contribution < -0.4 is 5.14 Å². The lowest BCUT2D eigenvalue weighted by molar-refractivity contribution is 0.597. The molecule has 0 radical (unpaired) electrons. The number of hydrogen-bond acceptors (Lipinski definition) is 2. The summed E-state index contributed by atoms with van der Waals surface area (Å²) < 4.78 is 22.5. The van der Waals surface area contributed by atoms with Crippen molar-refractivity contribution < 1.29 is 8.42 Å². The number of benzene rings is 1. The summed E-state index contributed by atoms with van der Waals surface area (Å²) in [5, 5.41) is 4.93. The summed E-state index contributed by atoms with van der Waals surface area (Å²) in [5.74, 6) is -0.105. The van der Waals surface area contributed by atoms with E-state index in [0.29, 0.717) is 0 Å². The Morgan fingerprint density at radius 3 is 2.54 bits per heavy atom. The fourth-order valence-electron chi connectivity index (χ4n) is 1.04. The number of halogens is 1. The van der Waals surface area contributed by atoms with Gasteiger partial charge in [0.25, 0.3) is 0 Å². The van der Waals surface area contributed by atoms with Gasteiger partial charge in [-0.15, -0.1) is 0 Å². The molecule has 0 atom stereocenters. The second kappa shape index (κ2) is 3.77. The first kappa shape index (κ1) is 10.7. The van der Waals surface area contributed by atoms with Crippen LogP contribution in [-0.4, -0.2) is 8.42 Å². The zero-order chi connectivity index (χ0) is 10.1. The molecule has 3 nitrogen and oxygen atoms in total. The summed E-state index contributed by atoms with van der Waals surface area (Å²) in [5.41, 5.74) is 1.66. The van der Waals surface area contributed by atoms with Gasteiger partial charge in [0.15, 0.2) is 0 Å². The predicted molar refractivity (Wildman–Crippen MR) is 55.7 cm³/mol. The van der Waals surface area contributed by atoms with E-state index in [1.165, 1.54) is 0 Å². The van der Waals surface area contributed by atoms with E-state index in [1.54, 1.807) is 12.1 Å². The first-order valence-corrected chi connectivity index (χ1v) is 6.15. The maximum absolute atomic E-state index is 10.8. The SMILES string of the molecule is Cc1cc(Br)ccc1CS(N)(=O)=O. The maximum Gasteiger partial charge on any atom is 0.213 e. The van der Waals surface area contributed by atoms with Gasteiger partial charge in [0, 0.05) is 4.47 Å². The van der Waals surface area contributed by atoms with E-state index in [4.69, 9.17) is 5.14 Å². The zero-order valence-corrected chi connectivity index (χ0v) is 9.52. The highest BCUT2D eigenvalue weighted by molar-refractivity contribution is 9.10. The third-order valence-electron chi connectivity index (χ3n) is 1.66. The van der Waals surface area contributed by atoms with Gasteiger partial charge in [0.05, 0.1) is 5.75 Å². The molecule has 0 amide bonds. The number of sulfonamides is 1. The van der Waals surface area contributed by atoms with Crippen LogP contribution in [0.5, 0.6) is 0 Å². The summed E-state index contributed by atoms with van der Waals surface area (Å²) in [6, 6.07) is 5.41. The van der Waals surface area contributed by atoms with Crippen LogP contribution in [0, 0.1) is 6.92 Å². The van der Waals surface area contributed by atoms with E-state index in [9.17, 15) is 8.42 Å². The molecule has 0 heterocycles. The maximum atomic E-state index is 10.8. The van der Waals surface area contributed by atoms with Crippen molar-refractivity contribution in [2.45, 2.75) is 12.7 Å². The number of hydrogen-bond donors (Lipinski definition) is 1. The number of nitrogens with two attached hydrogens (primary N) is 1. The third kappa shape index (κ3) is 3.46. The summed E-state index contributed by atoms with van der Waals surface area (Å²) >= 11 is 3.30. The lowest BCUT2D eigenvalue weighted by Gasteiger charge is -2.03. The molecule has 0 aromatic heterocycles. The molecule has 1 aromatic rings. The molecule has 0 spiro atoms. The quantitative estimate of drug-likeness (QED) is 0.880. The minimum atomic E-state index is -3.43. The van der Waals surface area contributed by atoms with E-state index in [2.05, 4.69) is 15.9 Å². The molecule has 0 aliphatic carbocycles. The van der Waals surface area contributed by atoms with Gasteiger partial charge in [0.1, 0.15) is 0 Å². The second-order valence-electron chi connectivity index (χ2n) is 2.88. The minimum Gasteiger partial charge on any atom is -0.228 e. The van der Waals surface area contributed by atoms with Gasteiger partial charge in [0.2, 0.25) is 10.0 Å². The van der Waals surface area contributed by atoms with Crippen molar-refractivity contribution in [3.8, 4) is 0 Å². The van der Waals surface area contributed by atoms with Gasteiger partial charge in [-0.2, -0.15) is 0 Å². The molecule has 72 valence electrons. The molecule has 2 N–H and O–H groups in total. The Balaban J connectivity index is 3.04.